The number of phenolic OH excluding ortho intramolecular Hbond substituents is 6. The van der Waals surface area contributed by atoms with Crippen LogP contribution < -0.4 is 31.3 Å². The first kappa shape index (κ1) is 41.3. The van der Waals surface area contributed by atoms with E-state index in [1.807, 2.05) is 0 Å². The van der Waals surface area contributed by atoms with E-state index >= 15 is 0 Å². The number of carbonyl (C=O) groups excluding carboxylic acids is 3. The molecule has 251 valence electrons. The summed E-state index contributed by atoms with van der Waals surface area (Å²) in [5, 5.41) is 93.3. The van der Waals surface area contributed by atoms with Crippen molar-refractivity contribution in [2.24, 2.45) is 0 Å². The van der Waals surface area contributed by atoms with E-state index in [1.165, 1.54) is 36.4 Å². The molecule has 0 atom stereocenters. The molecule has 1 radical (unpaired) electrons. The van der Waals surface area contributed by atoms with Crippen molar-refractivity contribution in [3.8, 4) is 34.5 Å². The van der Waals surface area contributed by atoms with Gasteiger partial charge < -0.3 is 76.3 Å². The molecule has 0 aliphatic carbocycles. The monoisotopic (exact) mass is 686 g/mol. The standard InChI is InChI=1S/3C10H13NO4.Fe/c3*12-8-2-1-7(9(13)5-8)3-4-11-6-10(14)15;/h3*1-2,5,11-13H,3-4,6H2,(H,14,15);/q;;;+3/p-3. The van der Waals surface area contributed by atoms with Crippen molar-refractivity contribution in [3.63, 3.8) is 0 Å². The minimum Gasteiger partial charge on any atom is -0.549 e. The fraction of sp³-hybridized carbons (Fsp3) is 0.300. The van der Waals surface area contributed by atoms with Gasteiger partial charge in [-0.15, -0.1) is 0 Å². The van der Waals surface area contributed by atoms with Crippen molar-refractivity contribution in [3.05, 3.63) is 71.3 Å². The molecule has 0 spiro atoms. The molecular weight excluding hydrogens is 650 g/mol. The molecule has 3 aromatic rings. The van der Waals surface area contributed by atoms with E-state index in [9.17, 15) is 45.0 Å². The molecule has 16 heteroatoms. The van der Waals surface area contributed by atoms with Crippen LogP contribution in [0.4, 0.5) is 0 Å². The quantitative estimate of drug-likeness (QED) is 0.0567. The minimum atomic E-state index is -1.16. The number of benzene rings is 3. The van der Waals surface area contributed by atoms with E-state index in [2.05, 4.69) is 16.0 Å². The summed E-state index contributed by atoms with van der Waals surface area (Å²) in [5.41, 5.74) is 1.95. The number of aromatic hydroxyl groups is 6. The maximum absolute atomic E-state index is 10.1. The average molecular weight is 686 g/mol. The van der Waals surface area contributed by atoms with Crippen LogP contribution in [0.2, 0.25) is 0 Å². The minimum absolute atomic E-state index is 0. The zero-order chi connectivity index (χ0) is 33.8. The third kappa shape index (κ3) is 18.8. The number of carboxylic acids is 3. The van der Waals surface area contributed by atoms with Gasteiger partial charge in [0.15, 0.2) is 0 Å². The second-order valence-corrected chi connectivity index (χ2v) is 9.34. The van der Waals surface area contributed by atoms with Gasteiger partial charge in [0, 0.05) is 37.8 Å². The molecule has 0 saturated heterocycles. The van der Waals surface area contributed by atoms with Crippen molar-refractivity contribution in [2.75, 3.05) is 39.3 Å². The average Bonchev–Trinajstić information content (AvgIpc) is 2.95. The van der Waals surface area contributed by atoms with Gasteiger partial charge in [0.1, 0.15) is 34.5 Å². The van der Waals surface area contributed by atoms with Gasteiger partial charge in [-0.3, -0.25) is 0 Å². The molecule has 3 aromatic carbocycles. The molecule has 0 aromatic heterocycles. The molecule has 9 N–H and O–H groups in total. The second-order valence-electron chi connectivity index (χ2n) is 9.34. The van der Waals surface area contributed by atoms with Crippen LogP contribution in [0.1, 0.15) is 16.7 Å². The number of hydrogen-bond acceptors (Lipinski definition) is 15. The summed E-state index contributed by atoms with van der Waals surface area (Å²) in [7, 11) is 0. The molecule has 0 saturated carbocycles. The van der Waals surface area contributed by atoms with Crippen LogP contribution in [0, 0.1) is 0 Å². The van der Waals surface area contributed by atoms with Crippen molar-refractivity contribution in [2.45, 2.75) is 19.3 Å². The van der Waals surface area contributed by atoms with Crippen LogP contribution in [-0.4, -0.2) is 87.8 Å². The number of aliphatic carboxylic acids is 3. The number of phenols is 6. The summed E-state index contributed by atoms with van der Waals surface area (Å²) in [4.78, 5) is 30.2. The first-order chi connectivity index (χ1) is 21.3. The van der Waals surface area contributed by atoms with Crippen LogP contribution in [-0.2, 0) is 50.7 Å². The smallest absolute Gasteiger partial charge is 0.549 e. The van der Waals surface area contributed by atoms with Crippen molar-refractivity contribution < 1.29 is 77.4 Å². The zero-order valence-electron chi connectivity index (χ0n) is 24.5. The Hall–Kier alpha value is -4.73. The predicted molar refractivity (Wildman–Crippen MR) is 154 cm³/mol. The molecule has 15 nitrogen and oxygen atoms in total. The maximum Gasteiger partial charge on any atom is 3.00 e. The van der Waals surface area contributed by atoms with Crippen LogP contribution in [0.25, 0.3) is 0 Å². The Kier molecular flexibility index (Phi) is 20.4. The summed E-state index contributed by atoms with van der Waals surface area (Å²) < 4.78 is 0. The Morgan fingerprint density at radius 1 is 0.478 bits per heavy atom. The molecule has 46 heavy (non-hydrogen) atoms. The van der Waals surface area contributed by atoms with Crippen LogP contribution in [0.15, 0.2) is 54.6 Å². The van der Waals surface area contributed by atoms with E-state index in [4.69, 9.17) is 15.3 Å². The summed E-state index contributed by atoms with van der Waals surface area (Å²) in [5.74, 6) is -3.47. The van der Waals surface area contributed by atoms with Gasteiger partial charge in [0.05, 0.1) is 17.9 Å². The molecule has 0 fully saturated rings. The summed E-state index contributed by atoms with van der Waals surface area (Å²) in [6, 6.07) is 12.9. The van der Waals surface area contributed by atoms with Crippen LogP contribution in [0.3, 0.4) is 0 Å². The summed E-state index contributed by atoms with van der Waals surface area (Å²) >= 11 is 0. The van der Waals surface area contributed by atoms with E-state index < -0.39 is 17.9 Å². The third-order valence-corrected chi connectivity index (χ3v) is 5.73. The summed E-state index contributed by atoms with van der Waals surface area (Å²) in [6.45, 7) is 0.640. The molecule has 0 aliphatic rings. The molecule has 0 bridgehead atoms. The van der Waals surface area contributed by atoms with E-state index in [-0.39, 0.29) is 71.2 Å². The number of carboxylic acid groups (broad SMARTS) is 3. The summed E-state index contributed by atoms with van der Waals surface area (Å²) in [6.07, 6.45) is 1.46. The molecule has 3 rings (SSSR count). The Morgan fingerprint density at radius 2 is 0.717 bits per heavy atom. The van der Waals surface area contributed by atoms with Crippen molar-refractivity contribution in [1.82, 2.24) is 16.0 Å². The van der Waals surface area contributed by atoms with E-state index in [1.54, 1.807) is 18.2 Å². The van der Waals surface area contributed by atoms with Gasteiger partial charge in [-0.05, 0) is 73.8 Å². The number of carbonyl (C=O) groups is 3. The van der Waals surface area contributed by atoms with Gasteiger partial charge >= 0.3 is 17.1 Å². The predicted octanol–water partition coefficient (Wildman–Crippen LogP) is -3.06. The van der Waals surface area contributed by atoms with Gasteiger partial charge in [0.25, 0.3) is 0 Å². The Balaban J connectivity index is 0.000000653. The Bertz CT molecular complexity index is 1230. The molecule has 0 heterocycles. The third-order valence-electron chi connectivity index (χ3n) is 5.73. The topological polar surface area (TPSA) is 278 Å². The zero-order valence-corrected chi connectivity index (χ0v) is 25.7. The van der Waals surface area contributed by atoms with Gasteiger partial charge in [0.2, 0.25) is 0 Å². The maximum atomic E-state index is 10.1. The Labute approximate surface area is 275 Å². The molecule has 0 unspecified atom stereocenters. The van der Waals surface area contributed by atoms with Gasteiger partial charge in [-0.25, -0.2) is 0 Å². The Morgan fingerprint density at radius 3 is 0.913 bits per heavy atom. The van der Waals surface area contributed by atoms with Crippen LogP contribution >= 0.6 is 0 Å². The van der Waals surface area contributed by atoms with Crippen molar-refractivity contribution in [1.29, 1.82) is 0 Å². The first-order valence-corrected chi connectivity index (χ1v) is 13.5. The van der Waals surface area contributed by atoms with Gasteiger partial charge in [-0.2, -0.15) is 0 Å². The van der Waals surface area contributed by atoms with E-state index in [0.29, 0.717) is 55.6 Å². The number of rotatable bonds is 15. The largest absolute Gasteiger partial charge is 3.00 e. The normalized spacial score (nSPS) is 9.91. The molecular formula is C30H36FeN3O12. The molecule has 0 amide bonds. The number of nitrogens with one attached hydrogen (secondary N) is 3. The fourth-order valence-electron chi connectivity index (χ4n) is 3.53. The van der Waals surface area contributed by atoms with Gasteiger partial charge in [-0.1, -0.05) is 18.2 Å². The van der Waals surface area contributed by atoms with Crippen LogP contribution in [0.5, 0.6) is 34.5 Å². The molecule has 0 aliphatic heterocycles. The fourth-order valence-corrected chi connectivity index (χ4v) is 3.53. The SMILES string of the molecule is O=C([O-])CNCCc1ccc(O)cc1O.O=C([O-])CNCCc1ccc(O)cc1O.O=C([O-])CNCCc1ccc(O)cc1O.[Fe+3]. The van der Waals surface area contributed by atoms with E-state index in [0.717, 1.165) is 0 Å². The van der Waals surface area contributed by atoms with Crippen molar-refractivity contribution >= 4 is 17.9 Å². The number of hydrogen-bond donors (Lipinski definition) is 9. The second kappa shape index (κ2) is 22.7. The first-order valence-electron chi connectivity index (χ1n) is 13.5.